The summed E-state index contributed by atoms with van der Waals surface area (Å²) in [7, 11) is -4.84. The number of unbranched alkanes of at least 4 members (excludes halogenated alkanes) is 1. The van der Waals surface area contributed by atoms with Crippen LogP contribution in [-0.2, 0) is 28.2 Å². The molecule has 0 heterocycles. The maximum absolute atomic E-state index is 12.4. The van der Waals surface area contributed by atoms with Crippen LogP contribution in [0.15, 0.2) is 134 Å². The molecule has 0 aliphatic rings. The fraction of sp³-hybridized carbons (Fsp3) is 0.467. The average molecular weight is 783 g/mol. The van der Waals surface area contributed by atoms with Crippen LogP contribution < -0.4 is 0 Å². The van der Waals surface area contributed by atoms with Gasteiger partial charge < -0.3 is 24.4 Å². The van der Waals surface area contributed by atoms with Gasteiger partial charge in [0.15, 0.2) is 6.10 Å². The van der Waals surface area contributed by atoms with Crippen molar-refractivity contribution in [2.45, 2.75) is 122 Å². The highest BCUT2D eigenvalue weighted by atomic mass is 31.2. The summed E-state index contributed by atoms with van der Waals surface area (Å²) in [6.07, 6.45) is 53.6. The van der Waals surface area contributed by atoms with Crippen LogP contribution in [0.2, 0.25) is 0 Å². The summed E-state index contributed by atoms with van der Waals surface area (Å²) in [5, 5.41) is 10.2. The number of hydrogen-bond acceptors (Lipinski definition) is 7. The normalized spacial score (nSPS) is 14.5. The van der Waals surface area contributed by atoms with E-state index in [2.05, 4.69) is 116 Å². The third-order valence-electron chi connectivity index (χ3n) is 7.28. The molecule has 9 nitrogen and oxygen atoms in total. The number of aliphatic hydroxyl groups is 1. The SMILES string of the molecule is CC/C=C\C/C=C\C/C=C\C/C=C\C/C=C\C=C/C(O)CCC(=O)O[C@H](COC(=O)CCC/C=C\C/C=C\C/C=C\C/C=C\C/C=C\CC)COP(=O)(O)O. The van der Waals surface area contributed by atoms with Crippen molar-refractivity contribution in [1.82, 2.24) is 0 Å². The van der Waals surface area contributed by atoms with Gasteiger partial charge in [0.05, 0.1) is 12.7 Å². The number of rotatable bonds is 33. The predicted molar refractivity (Wildman–Crippen MR) is 226 cm³/mol. The molecule has 0 radical (unpaired) electrons. The van der Waals surface area contributed by atoms with Crippen LogP contribution in [0.4, 0.5) is 0 Å². The van der Waals surface area contributed by atoms with Gasteiger partial charge in [-0.1, -0.05) is 148 Å². The molecule has 0 rings (SSSR count). The molecule has 55 heavy (non-hydrogen) atoms. The monoisotopic (exact) mass is 782 g/mol. The van der Waals surface area contributed by atoms with E-state index in [0.29, 0.717) is 12.8 Å². The first-order valence-electron chi connectivity index (χ1n) is 19.6. The van der Waals surface area contributed by atoms with Gasteiger partial charge in [0.1, 0.15) is 6.61 Å². The Balaban J connectivity index is 4.33. The molecule has 0 bridgehead atoms. The van der Waals surface area contributed by atoms with E-state index in [9.17, 15) is 19.3 Å². The fourth-order valence-electron chi connectivity index (χ4n) is 4.40. The molecule has 1 unspecified atom stereocenters. The number of aliphatic hydroxyl groups excluding tert-OH is 1. The Morgan fingerprint density at radius 1 is 0.564 bits per heavy atom. The van der Waals surface area contributed by atoms with Crippen molar-refractivity contribution in [2.24, 2.45) is 0 Å². The van der Waals surface area contributed by atoms with Gasteiger partial charge in [-0.05, 0) is 83.5 Å². The number of phosphoric acid groups is 1. The number of esters is 2. The smallest absolute Gasteiger partial charge is 0.462 e. The molecule has 0 saturated carbocycles. The molecule has 0 amide bonds. The third-order valence-corrected chi connectivity index (χ3v) is 7.77. The summed E-state index contributed by atoms with van der Waals surface area (Å²) >= 11 is 0. The largest absolute Gasteiger partial charge is 0.469 e. The average Bonchev–Trinajstić information content (AvgIpc) is 3.15. The van der Waals surface area contributed by atoms with Gasteiger partial charge in [-0.2, -0.15) is 0 Å². The predicted octanol–water partition coefficient (Wildman–Crippen LogP) is 10.9. The first kappa shape index (κ1) is 51.1. The van der Waals surface area contributed by atoms with E-state index in [4.69, 9.17) is 19.3 Å². The highest BCUT2D eigenvalue weighted by Gasteiger charge is 2.23. The standard InChI is InChI=1S/C45H67O9P/c1-3-5-7-9-11-13-15-17-19-21-23-25-27-29-31-33-35-37-44(47)52-40-43(41-53-55(49,50)51)54-45(48)39-38-42(46)36-34-32-30-28-26-24-22-20-18-16-14-12-10-8-6-4-2/h5-8,11-14,17-20,23-26,29-32,34,36,42-43,46H,3-4,9-10,15-16,21-22,27-28,33,35,37-41H2,1-2H3,(H2,49,50,51)/b7-5-,8-6-,13-11-,14-12-,19-17-,20-18-,25-23-,26-24-,31-29-,32-30-,36-34-/t42?,43-/m1/s1. The summed E-state index contributed by atoms with van der Waals surface area (Å²) in [6, 6.07) is 0. The van der Waals surface area contributed by atoms with Crippen LogP contribution in [0.3, 0.4) is 0 Å². The Bertz CT molecular complexity index is 1360. The number of carbonyl (C=O) groups is 2. The number of hydrogen-bond donors (Lipinski definition) is 3. The van der Waals surface area contributed by atoms with Crippen molar-refractivity contribution in [2.75, 3.05) is 13.2 Å². The second-order valence-electron chi connectivity index (χ2n) is 12.3. The zero-order valence-corrected chi connectivity index (χ0v) is 34.0. The van der Waals surface area contributed by atoms with E-state index >= 15 is 0 Å². The van der Waals surface area contributed by atoms with Crippen molar-refractivity contribution in [3.05, 3.63) is 134 Å². The summed E-state index contributed by atoms with van der Waals surface area (Å²) in [4.78, 5) is 42.8. The minimum atomic E-state index is -4.84. The van der Waals surface area contributed by atoms with Crippen LogP contribution >= 0.6 is 7.82 Å². The summed E-state index contributed by atoms with van der Waals surface area (Å²) in [5.74, 6) is -1.25. The lowest BCUT2D eigenvalue weighted by Crippen LogP contribution is -2.29. The first-order chi connectivity index (χ1) is 26.7. The second kappa shape index (κ2) is 38.4. The Hall–Kier alpha value is -3.85. The minimum absolute atomic E-state index is 0.0711. The molecular weight excluding hydrogens is 715 g/mol. The highest BCUT2D eigenvalue weighted by Crippen LogP contribution is 2.35. The minimum Gasteiger partial charge on any atom is -0.462 e. The number of ether oxygens (including phenoxy) is 2. The number of allylic oxidation sites excluding steroid dienone is 21. The van der Waals surface area contributed by atoms with Gasteiger partial charge in [0.2, 0.25) is 0 Å². The lowest BCUT2D eigenvalue weighted by molar-refractivity contribution is -0.161. The summed E-state index contributed by atoms with van der Waals surface area (Å²) in [5.41, 5.74) is 0. The van der Waals surface area contributed by atoms with Crippen LogP contribution in [0.1, 0.15) is 110 Å². The molecule has 306 valence electrons. The molecule has 0 fully saturated rings. The van der Waals surface area contributed by atoms with Crippen molar-refractivity contribution >= 4 is 19.8 Å². The topological polar surface area (TPSA) is 140 Å². The zero-order chi connectivity index (χ0) is 40.5. The van der Waals surface area contributed by atoms with Crippen LogP contribution in [-0.4, -0.2) is 52.3 Å². The molecule has 0 saturated heterocycles. The Labute approximate surface area is 331 Å². The molecule has 0 spiro atoms. The molecule has 0 aromatic heterocycles. The van der Waals surface area contributed by atoms with Crippen LogP contribution in [0.5, 0.6) is 0 Å². The molecule has 3 N–H and O–H groups in total. The quantitative estimate of drug-likeness (QED) is 0.0195. The van der Waals surface area contributed by atoms with E-state index in [0.717, 1.165) is 64.2 Å². The van der Waals surface area contributed by atoms with Gasteiger partial charge in [0, 0.05) is 12.8 Å². The lowest BCUT2D eigenvalue weighted by atomic mass is 10.2. The van der Waals surface area contributed by atoms with Gasteiger partial charge in [-0.3, -0.25) is 14.1 Å². The van der Waals surface area contributed by atoms with Crippen LogP contribution in [0, 0.1) is 0 Å². The van der Waals surface area contributed by atoms with Crippen molar-refractivity contribution in [1.29, 1.82) is 0 Å². The Morgan fingerprint density at radius 2 is 1.00 bits per heavy atom. The molecule has 0 aliphatic heterocycles. The maximum Gasteiger partial charge on any atom is 0.469 e. The fourth-order valence-corrected chi connectivity index (χ4v) is 4.76. The lowest BCUT2D eigenvalue weighted by Gasteiger charge is -2.18. The van der Waals surface area contributed by atoms with Crippen molar-refractivity contribution in [3.63, 3.8) is 0 Å². The Morgan fingerprint density at radius 3 is 1.45 bits per heavy atom. The van der Waals surface area contributed by atoms with E-state index in [1.165, 1.54) is 0 Å². The zero-order valence-electron chi connectivity index (χ0n) is 33.1. The molecule has 10 heteroatoms. The summed E-state index contributed by atoms with van der Waals surface area (Å²) < 4.78 is 26.1. The van der Waals surface area contributed by atoms with E-state index in [1.54, 1.807) is 12.2 Å². The molecule has 0 aliphatic carbocycles. The van der Waals surface area contributed by atoms with Crippen molar-refractivity contribution in [3.8, 4) is 0 Å². The molecular formula is C45H67O9P. The summed E-state index contributed by atoms with van der Waals surface area (Å²) in [6.45, 7) is 3.17. The van der Waals surface area contributed by atoms with Crippen LogP contribution in [0.25, 0.3) is 0 Å². The van der Waals surface area contributed by atoms with E-state index < -0.39 is 45.2 Å². The van der Waals surface area contributed by atoms with Gasteiger partial charge >= 0.3 is 19.8 Å². The van der Waals surface area contributed by atoms with Gasteiger partial charge in [-0.15, -0.1) is 0 Å². The molecule has 0 aromatic rings. The number of carbonyl (C=O) groups excluding carboxylic acids is 2. The second-order valence-corrected chi connectivity index (χ2v) is 13.6. The van der Waals surface area contributed by atoms with Gasteiger partial charge in [-0.25, -0.2) is 4.57 Å². The third kappa shape index (κ3) is 41.2. The maximum atomic E-state index is 12.4. The van der Waals surface area contributed by atoms with E-state index in [1.807, 2.05) is 24.3 Å². The Kier molecular flexibility index (Phi) is 35.7. The van der Waals surface area contributed by atoms with Gasteiger partial charge in [0.25, 0.3) is 0 Å². The first-order valence-corrected chi connectivity index (χ1v) is 21.1. The molecule has 0 aromatic carbocycles. The molecule has 2 atom stereocenters. The van der Waals surface area contributed by atoms with E-state index in [-0.39, 0.29) is 19.3 Å². The van der Waals surface area contributed by atoms with Crippen molar-refractivity contribution < 1.29 is 43.0 Å². The highest BCUT2D eigenvalue weighted by molar-refractivity contribution is 7.46. The number of phosphoric ester groups is 1.